The van der Waals surface area contributed by atoms with E-state index in [0.29, 0.717) is 21.4 Å². The second-order valence-electron chi connectivity index (χ2n) is 4.67. The maximum Gasteiger partial charge on any atom is 0.278 e. The Hall–Kier alpha value is -1.72. The first-order valence-electron chi connectivity index (χ1n) is 5.99. The van der Waals surface area contributed by atoms with Crippen molar-refractivity contribution in [2.45, 2.75) is 19.8 Å². The topological polar surface area (TPSA) is 83.8 Å². The summed E-state index contributed by atoms with van der Waals surface area (Å²) >= 11 is 11.7. The molecule has 0 unspecified atom stereocenters. The van der Waals surface area contributed by atoms with Gasteiger partial charge in [0.1, 0.15) is 0 Å². The molecule has 0 saturated carbocycles. The fraction of sp³-hybridized carbons (Fsp3) is 0.231. The Morgan fingerprint density at radius 3 is 2.40 bits per heavy atom. The zero-order valence-electron chi connectivity index (χ0n) is 11.0. The number of anilines is 2. The van der Waals surface area contributed by atoms with E-state index in [1.54, 1.807) is 18.2 Å². The van der Waals surface area contributed by atoms with Crippen molar-refractivity contribution in [3.05, 3.63) is 39.6 Å². The van der Waals surface area contributed by atoms with Gasteiger partial charge >= 0.3 is 0 Å². The van der Waals surface area contributed by atoms with Gasteiger partial charge in [-0.3, -0.25) is 9.89 Å². The number of rotatable bonds is 3. The van der Waals surface area contributed by atoms with Gasteiger partial charge in [0.15, 0.2) is 5.69 Å². The molecule has 1 aromatic carbocycles. The summed E-state index contributed by atoms with van der Waals surface area (Å²) in [6.45, 7) is 3.92. The molecule has 4 N–H and O–H groups in total. The molecule has 0 spiro atoms. The molecule has 7 heteroatoms. The van der Waals surface area contributed by atoms with Crippen molar-refractivity contribution in [1.29, 1.82) is 0 Å². The number of aromatic nitrogens is 2. The number of nitrogens with one attached hydrogen (secondary N) is 2. The van der Waals surface area contributed by atoms with Crippen LogP contribution >= 0.6 is 23.2 Å². The first kappa shape index (κ1) is 14.7. The van der Waals surface area contributed by atoms with Crippen molar-refractivity contribution in [3.63, 3.8) is 0 Å². The number of aromatic amines is 1. The fourth-order valence-electron chi connectivity index (χ4n) is 1.79. The third-order valence-electron chi connectivity index (χ3n) is 2.75. The molecule has 1 amide bonds. The summed E-state index contributed by atoms with van der Waals surface area (Å²) in [5.74, 6) is -0.256. The van der Waals surface area contributed by atoms with Crippen molar-refractivity contribution < 1.29 is 4.79 Å². The average Bonchev–Trinajstić information content (AvgIpc) is 2.69. The third-order valence-corrected chi connectivity index (χ3v) is 3.18. The van der Waals surface area contributed by atoms with Crippen molar-refractivity contribution in [2.75, 3.05) is 11.1 Å². The Labute approximate surface area is 126 Å². The Bertz CT molecular complexity index is 632. The van der Waals surface area contributed by atoms with E-state index in [4.69, 9.17) is 28.9 Å². The van der Waals surface area contributed by atoms with E-state index in [1.807, 2.05) is 13.8 Å². The normalized spacial score (nSPS) is 10.8. The molecule has 0 aliphatic carbocycles. The summed E-state index contributed by atoms with van der Waals surface area (Å²) in [6.07, 6.45) is 0. The van der Waals surface area contributed by atoms with Crippen LogP contribution in [0.25, 0.3) is 0 Å². The zero-order chi connectivity index (χ0) is 14.9. The highest BCUT2D eigenvalue weighted by Gasteiger charge is 2.19. The largest absolute Gasteiger partial charge is 0.395 e. The van der Waals surface area contributed by atoms with Gasteiger partial charge in [-0.1, -0.05) is 37.0 Å². The maximum atomic E-state index is 12.1. The molecule has 106 valence electrons. The quantitative estimate of drug-likeness (QED) is 0.808. The minimum Gasteiger partial charge on any atom is -0.395 e. The predicted octanol–water partition coefficient (Wildman–Crippen LogP) is 3.67. The van der Waals surface area contributed by atoms with E-state index in [1.165, 1.54) is 0 Å². The van der Waals surface area contributed by atoms with Crippen molar-refractivity contribution in [3.8, 4) is 0 Å². The average molecular weight is 313 g/mol. The second kappa shape index (κ2) is 5.73. The van der Waals surface area contributed by atoms with Gasteiger partial charge in [0, 0.05) is 15.7 Å². The molecule has 0 radical (unpaired) electrons. The SMILES string of the molecule is CC(C)c1[nH]nc(C(=O)Nc2cc(Cl)cc(Cl)c2)c1N. The zero-order valence-corrected chi connectivity index (χ0v) is 12.5. The number of nitrogens with zero attached hydrogens (tertiary/aromatic N) is 1. The summed E-state index contributed by atoms with van der Waals surface area (Å²) in [4.78, 5) is 12.1. The summed E-state index contributed by atoms with van der Waals surface area (Å²) < 4.78 is 0. The molecule has 0 fully saturated rings. The van der Waals surface area contributed by atoms with Crippen LogP contribution in [0.5, 0.6) is 0 Å². The van der Waals surface area contributed by atoms with Gasteiger partial charge < -0.3 is 11.1 Å². The first-order valence-corrected chi connectivity index (χ1v) is 6.75. The van der Waals surface area contributed by atoms with Crippen LogP contribution < -0.4 is 11.1 Å². The van der Waals surface area contributed by atoms with Gasteiger partial charge in [-0.05, 0) is 24.1 Å². The van der Waals surface area contributed by atoms with Gasteiger partial charge in [-0.15, -0.1) is 0 Å². The molecule has 0 saturated heterocycles. The lowest BCUT2D eigenvalue weighted by molar-refractivity contribution is 0.102. The molecule has 5 nitrogen and oxygen atoms in total. The van der Waals surface area contributed by atoms with Gasteiger partial charge in [0.25, 0.3) is 5.91 Å². The van der Waals surface area contributed by atoms with E-state index in [9.17, 15) is 4.79 Å². The monoisotopic (exact) mass is 312 g/mol. The van der Waals surface area contributed by atoms with Crippen LogP contribution in [0.4, 0.5) is 11.4 Å². The molecular weight excluding hydrogens is 299 g/mol. The maximum absolute atomic E-state index is 12.1. The Morgan fingerprint density at radius 2 is 1.90 bits per heavy atom. The number of nitrogens with two attached hydrogens (primary N) is 1. The highest BCUT2D eigenvalue weighted by molar-refractivity contribution is 6.35. The standard InChI is InChI=1S/C13H14Cl2N4O/c1-6(2)11-10(16)12(19-18-11)13(20)17-9-4-7(14)3-8(15)5-9/h3-6H,16H2,1-2H3,(H,17,20)(H,18,19). The Kier molecular flexibility index (Phi) is 4.20. The van der Waals surface area contributed by atoms with Crippen LogP contribution in [-0.2, 0) is 0 Å². The summed E-state index contributed by atoms with van der Waals surface area (Å²) in [5, 5.41) is 10.3. The van der Waals surface area contributed by atoms with Crippen LogP contribution in [0.1, 0.15) is 35.9 Å². The molecule has 1 aromatic heterocycles. The Balaban J connectivity index is 2.24. The Morgan fingerprint density at radius 1 is 1.30 bits per heavy atom. The summed E-state index contributed by atoms with van der Waals surface area (Å²) in [5.41, 5.74) is 7.64. The minimum atomic E-state index is -0.413. The van der Waals surface area contributed by atoms with Crippen LogP contribution in [0.2, 0.25) is 10.0 Å². The number of H-pyrrole nitrogens is 1. The highest BCUT2D eigenvalue weighted by atomic mass is 35.5. The molecule has 0 aliphatic heterocycles. The molecule has 20 heavy (non-hydrogen) atoms. The van der Waals surface area contributed by atoms with Crippen molar-refractivity contribution in [2.24, 2.45) is 0 Å². The first-order chi connectivity index (χ1) is 9.38. The number of amides is 1. The molecule has 0 aliphatic rings. The van der Waals surface area contributed by atoms with Gasteiger partial charge in [-0.2, -0.15) is 5.10 Å². The van der Waals surface area contributed by atoms with E-state index in [0.717, 1.165) is 5.69 Å². The molecule has 1 heterocycles. The molecule has 2 rings (SSSR count). The number of hydrogen-bond donors (Lipinski definition) is 3. The molecule has 2 aromatic rings. The smallest absolute Gasteiger partial charge is 0.278 e. The van der Waals surface area contributed by atoms with Crippen LogP contribution in [0.3, 0.4) is 0 Å². The predicted molar refractivity (Wildman–Crippen MR) is 81.5 cm³/mol. The minimum absolute atomic E-state index is 0.157. The van der Waals surface area contributed by atoms with Crippen molar-refractivity contribution >= 4 is 40.5 Å². The number of carbonyl (C=O) groups excluding carboxylic acids is 1. The summed E-state index contributed by atoms with van der Waals surface area (Å²) in [7, 11) is 0. The number of nitrogen functional groups attached to an aromatic ring is 1. The van der Waals surface area contributed by atoms with Crippen LogP contribution in [0, 0.1) is 0 Å². The lowest BCUT2D eigenvalue weighted by Gasteiger charge is -2.06. The molecule has 0 atom stereocenters. The lowest BCUT2D eigenvalue weighted by Crippen LogP contribution is -2.14. The molecule has 0 bridgehead atoms. The van der Waals surface area contributed by atoms with E-state index >= 15 is 0 Å². The number of benzene rings is 1. The van der Waals surface area contributed by atoms with Gasteiger partial charge in [0.05, 0.1) is 11.4 Å². The number of halogens is 2. The molecular formula is C13H14Cl2N4O. The lowest BCUT2D eigenvalue weighted by atomic mass is 10.1. The van der Waals surface area contributed by atoms with Crippen LogP contribution in [-0.4, -0.2) is 16.1 Å². The van der Waals surface area contributed by atoms with E-state index in [2.05, 4.69) is 15.5 Å². The summed E-state index contributed by atoms with van der Waals surface area (Å²) in [6, 6.07) is 4.77. The number of hydrogen-bond acceptors (Lipinski definition) is 3. The van der Waals surface area contributed by atoms with E-state index < -0.39 is 5.91 Å². The van der Waals surface area contributed by atoms with Crippen LogP contribution in [0.15, 0.2) is 18.2 Å². The third kappa shape index (κ3) is 3.05. The second-order valence-corrected chi connectivity index (χ2v) is 5.54. The number of carbonyl (C=O) groups is 1. The van der Waals surface area contributed by atoms with Gasteiger partial charge in [-0.25, -0.2) is 0 Å². The fourth-order valence-corrected chi connectivity index (χ4v) is 2.32. The van der Waals surface area contributed by atoms with Crippen molar-refractivity contribution in [1.82, 2.24) is 10.2 Å². The van der Waals surface area contributed by atoms with E-state index in [-0.39, 0.29) is 11.6 Å². The van der Waals surface area contributed by atoms with Gasteiger partial charge in [0.2, 0.25) is 0 Å². The highest BCUT2D eigenvalue weighted by Crippen LogP contribution is 2.25.